The monoisotopic (exact) mass is 288 g/mol. The van der Waals surface area contributed by atoms with Crippen molar-refractivity contribution >= 4 is 34.1 Å². The van der Waals surface area contributed by atoms with E-state index in [1.165, 1.54) is 5.39 Å². The number of nitrogens with one attached hydrogen (secondary N) is 1. The van der Waals surface area contributed by atoms with Crippen molar-refractivity contribution < 1.29 is 0 Å². The number of aromatic nitrogens is 3. The Balaban J connectivity index is 1.80. The van der Waals surface area contributed by atoms with Crippen LogP contribution in [0.1, 0.15) is 12.5 Å². The van der Waals surface area contributed by atoms with E-state index in [2.05, 4.69) is 44.7 Å². The molecule has 0 spiro atoms. The molecule has 4 heteroatoms. The van der Waals surface area contributed by atoms with Crippen molar-refractivity contribution in [3.05, 3.63) is 60.3 Å². The summed E-state index contributed by atoms with van der Waals surface area (Å²) in [5.41, 5.74) is 4.30. The molecule has 0 amide bonds. The molecule has 4 nitrogen and oxygen atoms in total. The van der Waals surface area contributed by atoms with Crippen molar-refractivity contribution in [3.63, 3.8) is 0 Å². The van der Waals surface area contributed by atoms with Crippen LogP contribution in [0.3, 0.4) is 0 Å². The molecule has 2 heterocycles. The molecule has 0 fully saturated rings. The largest absolute Gasteiger partial charge is 0.361 e. The number of aliphatic imine (C=N–C) groups is 1. The lowest BCUT2D eigenvalue weighted by atomic mass is 10.2. The normalized spacial score (nSPS) is 11.9. The Bertz CT molecular complexity index is 975. The van der Waals surface area contributed by atoms with E-state index >= 15 is 0 Å². The quantitative estimate of drug-likeness (QED) is 0.562. The summed E-state index contributed by atoms with van der Waals surface area (Å²) in [5, 5.41) is 1.17. The summed E-state index contributed by atoms with van der Waals surface area (Å²) in [6.45, 7) is 2.96. The van der Waals surface area contributed by atoms with E-state index in [1.807, 2.05) is 42.7 Å². The highest BCUT2D eigenvalue weighted by Crippen LogP contribution is 2.22. The summed E-state index contributed by atoms with van der Waals surface area (Å²) in [6, 6.07) is 16.4. The molecule has 22 heavy (non-hydrogen) atoms. The van der Waals surface area contributed by atoms with Gasteiger partial charge in [-0.25, -0.2) is 9.98 Å². The van der Waals surface area contributed by atoms with Crippen molar-refractivity contribution in [1.29, 1.82) is 0 Å². The van der Waals surface area contributed by atoms with Gasteiger partial charge in [0, 0.05) is 35.4 Å². The number of H-pyrrole nitrogens is 1. The average molecular weight is 288 g/mol. The van der Waals surface area contributed by atoms with Crippen molar-refractivity contribution in [2.75, 3.05) is 0 Å². The molecule has 0 saturated carbocycles. The van der Waals surface area contributed by atoms with Gasteiger partial charge in [0.15, 0.2) is 0 Å². The predicted octanol–water partition coefficient (Wildman–Crippen LogP) is 4.29. The van der Waals surface area contributed by atoms with E-state index in [-0.39, 0.29) is 0 Å². The number of para-hydroxylation sites is 3. The Labute approximate surface area is 128 Å². The fraction of sp³-hybridized carbons (Fsp3) is 0.111. The zero-order chi connectivity index (χ0) is 14.9. The van der Waals surface area contributed by atoms with Crippen molar-refractivity contribution in [2.24, 2.45) is 4.99 Å². The van der Waals surface area contributed by atoms with Gasteiger partial charge in [-0.05, 0) is 25.1 Å². The van der Waals surface area contributed by atoms with Crippen LogP contribution in [0, 0.1) is 0 Å². The molecule has 0 bridgehead atoms. The van der Waals surface area contributed by atoms with Gasteiger partial charge in [-0.1, -0.05) is 30.3 Å². The molecule has 0 unspecified atom stereocenters. The fourth-order valence-electron chi connectivity index (χ4n) is 2.80. The van der Waals surface area contributed by atoms with Crippen molar-refractivity contribution in [2.45, 2.75) is 13.5 Å². The van der Waals surface area contributed by atoms with Crippen LogP contribution < -0.4 is 0 Å². The van der Waals surface area contributed by atoms with Gasteiger partial charge in [-0.2, -0.15) is 0 Å². The third-order valence-corrected chi connectivity index (χ3v) is 3.89. The number of rotatable bonds is 3. The number of hydrogen-bond donors (Lipinski definition) is 1. The molecular weight excluding hydrogens is 272 g/mol. The second-order valence-corrected chi connectivity index (χ2v) is 5.19. The van der Waals surface area contributed by atoms with Gasteiger partial charge in [-0.3, -0.25) is 0 Å². The topological polar surface area (TPSA) is 46.0 Å². The van der Waals surface area contributed by atoms with Crippen LogP contribution in [0.25, 0.3) is 21.9 Å². The molecule has 2 aromatic heterocycles. The Hall–Kier alpha value is -2.88. The number of fused-ring (bicyclic) bond motifs is 2. The number of hydrogen-bond acceptors (Lipinski definition) is 2. The van der Waals surface area contributed by atoms with Crippen molar-refractivity contribution in [3.8, 4) is 0 Å². The number of aryl methyl sites for hydroxylation is 1. The van der Waals surface area contributed by atoms with Gasteiger partial charge >= 0.3 is 0 Å². The Morgan fingerprint density at radius 3 is 2.86 bits per heavy atom. The van der Waals surface area contributed by atoms with Gasteiger partial charge in [0.05, 0.1) is 11.0 Å². The third kappa shape index (κ3) is 2.00. The first kappa shape index (κ1) is 12.8. The first-order chi connectivity index (χ1) is 10.9. The summed E-state index contributed by atoms with van der Waals surface area (Å²) in [4.78, 5) is 12.5. The maximum atomic E-state index is 4.62. The van der Waals surface area contributed by atoms with Crippen LogP contribution in [0.5, 0.6) is 0 Å². The van der Waals surface area contributed by atoms with E-state index in [0.29, 0.717) is 0 Å². The number of aromatic amines is 1. The fourth-order valence-corrected chi connectivity index (χ4v) is 2.80. The minimum absolute atomic E-state index is 0.744. The predicted molar refractivity (Wildman–Crippen MR) is 91.0 cm³/mol. The Morgan fingerprint density at radius 2 is 1.95 bits per heavy atom. The molecule has 2 aromatic carbocycles. The average Bonchev–Trinajstić information content (AvgIpc) is 3.13. The molecule has 4 rings (SSSR count). The second kappa shape index (κ2) is 5.15. The molecule has 0 aliphatic rings. The highest BCUT2D eigenvalue weighted by molar-refractivity contribution is 5.99. The molecule has 0 saturated heterocycles. The second-order valence-electron chi connectivity index (χ2n) is 5.19. The van der Waals surface area contributed by atoms with Crippen LogP contribution in [0.2, 0.25) is 0 Å². The molecule has 0 radical (unpaired) electrons. The minimum Gasteiger partial charge on any atom is -0.361 e. The first-order valence-corrected chi connectivity index (χ1v) is 7.42. The van der Waals surface area contributed by atoms with Gasteiger partial charge in [-0.15, -0.1) is 0 Å². The smallest absolute Gasteiger partial charge is 0.230 e. The van der Waals surface area contributed by atoms with Crippen LogP contribution in [-0.2, 0) is 6.54 Å². The lowest BCUT2D eigenvalue weighted by molar-refractivity contribution is 0.790. The first-order valence-electron chi connectivity index (χ1n) is 7.42. The maximum Gasteiger partial charge on any atom is 0.230 e. The van der Waals surface area contributed by atoms with Crippen molar-refractivity contribution in [1.82, 2.24) is 14.5 Å². The molecule has 0 aliphatic heterocycles. The van der Waals surface area contributed by atoms with Gasteiger partial charge < -0.3 is 9.55 Å². The van der Waals surface area contributed by atoms with E-state index in [9.17, 15) is 0 Å². The van der Waals surface area contributed by atoms with Crippen LogP contribution in [-0.4, -0.2) is 20.7 Å². The molecule has 0 aliphatic carbocycles. The van der Waals surface area contributed by atoms with E-state index in [1.54, 1.807) is 0 Å². The molecular formula is C18H16N4. The standard InChI is InChI=1S/C18H16N4/c1-2-22-17-10-6-5-9-16(17)21-18(22)20-12-13-11-19-15-8-4-3-7-14(13)15/h3-12,19H,2H2,1H3/b20-12+. The van der Waals surface area contributed by atoms with E-state index in [4.69, 9.17) is 0 Å². The highest BCUT2D eigenvalue weighted by Gasteiger charge is 2.07. The zero-order valence-electron chi connectivity index (χ0n) is 12.3. The summed E-state index contributed by atoms with van der Waals surface area (Å²) in [7, 11) is 0. The van der Waals surface area contributed by atoms with Gasteiger partial charge in [0.1, 0.15) is 0 Å². The molecule has 108 valence electrons. The number of imidazole rings is 1. The van der Waals surface area contributed by atoms with E-state index < -0.39 is 0 Å². The number of nitrogens with zero attached hydrogens (tertiary/aromatic N) is 3. The molecule has 4 aromatic rings. The third-order valence-electron chi connectivity index (χ3n) is 3.89. The lowest BCUT2D eigenvalue weighted by Crippen LogP contribution is -1.93. The molecule has 0 atom stereocenters. The maximum absolute atomic E-state index is 4.62. The summed E-state index contributed by atoms with van der Waals surface area (Å²) < 4.78 is 2.13. The summed E-state index contributed by atoms with van der Waals surface area (Å²) >= 11 is 0. The Morgan fingerprint density at radius 1 is 1.14 bits per heavy atom. The number of benzene rings is 2. The Kier molecular flexibility index (Phi) is 3.00. The summed E-state index contributed by atoms with van der Waals surface area (Å²) in [5.74, 6) is 0.744. The highest BCUT2D eigenvalue weighted by atomic mass is 15.2. The van der Waals surface area contributed by atoms with Crippen LogP contribution in [0.15, 0.2) is 59.7 Å². The van der Waals surface area contributed by atoms with Gasteiger partial charge in [0.25, 0.3) is 0 Å². The minimum atomic E-state index is 0.744. The SMILES string of the molecule is CCn1c(/N=C/c2c[nH]c3ccccc23)nc2ccccc21. The van der Waals surface area contributed by atoms with Crippen LogP contribution in [0.4, 0.5) is 5.95 Å². The lowest BCUT2D eigenvalue weighted by Gasteiger charge is -2.00. The van der Waals surface area contributed by atoms with Crippen LogP contribution >= 0.6 is 0 Å². The molecule has 1 N–H and O–H groups in total. The zero-order valence-corrected chi connectivity index (χ0v) is 12.3. The van der Waals surface area contributed by atoms with Gasteiger partial charge in [0.2, 0.25) is 5.95 Å². The van der Waals surface area contributed by atoms with E-state index in [0.717, 1.165) is 34.6 Å². The summed E-state index contributed by atoms with van der Waals surface area (Å²) in [6.07, 6.45) is 3.86.